The van der Waals surface area contributed by atoms with Gasteiger partial charge in [0.25, 0.3) is 11.5 Å². The molecule has 9 heteroatoms. The second kappa shape index (κ2) is 12.1. The van der Waals surface area contributed by atoms with Crippen LogP contribution in [0.5, 0.6) is 0 Å². The summed E-state index contributed by atoms with van der Waals surface area (Å²) in [6.45, 7) is 6.27. The number of unbranched alkanes of at least 4 members (excludes halogenated alkanes) is 1. The van der Waals surface area contributed by atoms with Crippen molar-refractivity contribution in [2.75, 3.05) is 18.0 Å². The first kappa shape index (κ1) is 27.1. The number of halogens is 1. The van der Waals surface area contributed by atoms with E-state index in [1.807, 2.05) is 6.08 Å². The molecule has 1 amide bonds. The summed E-state index contributed by atoms with van der Waals surface area (Å²) in [4.78, 5) is 31.1. The Kier molecular flexibility index (Phi) is 8.83. The minimum absolute atomic E-state index is 0.114. The minimum Gasteiger partial charge on any atom is -0.357 e. The van der Waals surface area contributed by atoms with Gasteiger partial charge in [0, 0.05) is 25.2 Å². The molecule has 2 aliphatic heterocycles. The molecular weight excluding hydrogens is 507 g/mol. The summed E-state index contributed by atoms with van der Waals surface area (Å²) < 4.78 is 15.5. The minimum atomic E-state index is -0.336. The zero-order valence-corrected chi connectivity index (χ0v) is 22.9. The number of nitriles is 1. The fourth-order valence-electron chi connectivity index (χ4n) is 4.83. The van der Waals surface area contributed by atoms with Crippen LogP contribution in [-0.4, -0.2) is 32.8 Å². The molecule has 37 heavy (non-hydrogen) atoms. The molecule has 1 aromatic carbocycles. The number of amides is 1. The maximum Gasteiger partial charge on any atom is 0.270 e. The molecule has 194 valence electrons. The van der Waals surface area contributed by atoms with Crippen LogP contribution in [0.1, 0.15) is 67.7 Å². The van der Waals surface area contributed by atoms with Gasteiger partial charge >= 0.3 is 0 Å². The van der Waals surface area contributed by atoms with Crippen LogP contribution in [0, 0.1) is 24.1 Å². The third kappa shape index (κ3) is 5.81. The normalized spacial score (nSPS) is 17.4. The summed E-state index contributed by atoms with van der Waals surface area (Å²) in [7, 11) is 0. The van der Waals surface area contributed by atoms with E-state index in [-0.39, 0.29) is 29.4 Å². The van der Waals surface area contributed by atoms with Gasteiger partial charge in [0.05, 0.1) is 11.4 Å². The van der Waals surface area contributed by atoms with Gasteiger partial charge in [0.2, 0.25) is 0 Å². The molecule has 0 spiro atoms. The Morgan fingerprint density at radius 2 is 1.81 bits per heavy atom. The van der Waals surface area contributed by atoms with Gasteiger partial charge in [0.1, 0.15) is 27.6 Å². The van der Waals surface area contributed by atoms with E-state index in [1.165, 1.54) is 28.8 Å². The Hall–Kier alpha value is -2.96. The number of thiocarbonyl (C=S) groups is 1. The average molecular weight is 539 g/mol. The Morgan fingerprint density at radius 1 is 1.14 bits per heavy atom. The van der Waals surface area contributed by atoms with Crippen LogP contribution in [0.15, 0.2) is 34.0 Å². The van der Waals surface area contributed by atoms with Crippen molar-refractivity contribution in [3.63, 3.8) is 0 Å². The lowest BCUT2D eigenvalue weighted by molar-refractivity contribution is -0.122. The summed E-state index contributed by atoms with van der Waals surface area (Å²) >= 11 is 6.75. The molecular formula is C28H31FN4O2S2. The van der Waals surface area contributed by atoms with E-state index in [2.05, 4.69) is 17.9 Å². The summed E-state index contributed by atoms with van der Waals surface area (Å²) in [5.74, 6) is 0.225. The molecule has 6 nitrogen and oxygen atoms in total. The van der Waals surface area contributed by atoms with E-state index >= 15 is 0 Å². The van der Waals surface area contributed by atoms with Gasteiger partial charge < -0.3 is 4.90 Å². The number of aromatic nitrogens is 1. The van der Waals surface area contributed by atoms with Crippen molar-refractivity contribution in [1.29, 1.82) is 5.26 Å². The van der Waals surface area contributed by atoms with Crippen molar-refractivity contribution in [1.82, 2.24) is 9.47 Å². The molecule has 0 atom stereocenters. The van der Waals surface area contributed by atoms with E-state index in [4.69, 9.17) is 12.2 Å². The van der Waals surface area contributed by atoms with Crippen LogP contribution in [-0.2, 0) is 17.9 Å². The lowest BCUT2D eigenvalue weighted by Gasteiger charge is -2.29. The first-order valence-corrected chi connectivity index (χ1v) is 14.0. The monoisotopic (exact) mass is 538 g/mol. The number of carbonyl (C=O) groups excluding carboxylic acids is 1. The van der Waals surface area contributed by atoms with E-state index in [0.29, 0.717) is 21.3 Å². The Bertz CT molecular complexity index is 1320. The van der Waals surface area contributed by atoms with Crippen molar-refractivity contribution in [2.45, 2.75) is 65.5 Å². The predicted octanol–water partition coefficient (Wildman–Crippen LogP) is 5.75. The third-order valence-electron chi connectivity index (χ3n) is 6.89. The fraction of sp³-hybridized carbons (Fsp3) is 0.429. The number of rotatable bonds is 7. The molecule has 0 aliphatic carbocycles. The maximum atomic E-state index is 13.5. The molecule has 2 saturated heterocycles. The predicted molar refractivity (Wildman–Crippen MR) is 151 cm³/mol. The van der Waals surface area contributed by atoms with Crippen molar-refractivity contribution in [3.05, 3.63) is 67.6 Å². The largest absolute Gasteiger partial charge is 0.357 e. The number of anilines is 1. The summed E-state index contributed by atoms with van der Waals surface area (Å²) in [6, 6.07) is 8.12. The van der Waals surface area contributed by atoms with Crippen molar-refractivity contribution in [3.8, 4) is 6.07 Å². The zero-order chi connectivity index (χ0) is 26.5. The van der Waals surface area contributed by atoms with Gasteiger partial charge in [-0.25, -0.2) is 4.39 Å². The summed E-state index contributed by atoms with van der Waals surface area (Å²) in [6.07, 6.45) is 7.88. The highest BCUT2D eigenvalue weighted by Crippen LogP contribution is 2.37. The maximum absolute atomic E-state index is 13.5. The van der Waals surface area contributed by atoms with Gasteiger partial charge in [-0.1, -0.05) is 62.3 Å². The molecule has 2 aliphatic rings. The Balaban J connectivity index is 1.81. The fourth-order valence-corrected chi connectivity index (χ4v) is 6.07. The average Bonchev–Trinajstić information content (AvgIpc) is 3.05. The molecule has 0 saturated carbocycles. The van der Waals surface area contributed by atoms with Gasteiger partial charge in [-0.3, -0.25) is 19.1 Å². The van der Waals surface area contributed by atoms with Gasteiger partial charge in [-0.15, -0.1) is 0 Å². The van der Waals surface area contributed by atoms with Gasteiger partial charge in [-0.2, -0.15) is 5.26 Å². The summed E-state index contributed by atoms with van der Waals surface area (Å²) in [5.41, 5.74) is 1.94. The molecule has 2 aromatic rings. The highest BCUT2D eigenvalue weighted by atomic mass is 32.2. The SMILES string of the molecule is CCCCn1c(N2CCCCCC2)c(/C=C2/SC(=S)N(Cc3ccc(F)cc3)C2=O)c(C)c(C#N)c1=O. The number of hydrogen-bond donors (Lipinski definition) is 0. The second-order valence-corrected chi connectivity index (χ2v) is 11.1. The molecule has 0 bridgehead atoms. The molecule has 3 heterocycles. The Morgan fingerprint density at radius 3 is 2.43 bits per heavy atom. The smallest absolute Gasteiger partial charge is 0.270 e. The number of nitrogens with zero attached hydrogens (tertiary/aromatic N) is 4. The lowest BCUT2D eigenvalue weighted by atomic mass is 10.0. The number of thioether (sulfide) groups is 1. The molecule has 2 fully saturated rings. The summed E-state index contributed by atoms with van der Waals surface area (Å²) in [5, 5.41) is 9.87. The van der Waals surface area contributed by atoms with Crippen molar-refractivity contribution >= 4 is 46.1 Å². The number of carbonyl (C=O) groups is 1. The quantitative estimate of drug-likeness (QED) is 0.330. The highest BCUT2D eigenvalue weighted by molar-refractivity contribution is 8.26. The third-order valence-corrected chi connectivity index (χ3v) is 8.27. The van der Waals surface area contributed by atoms with Crippen LogP contribution in [0.25, 0.3) is 6.08 Å². The number of pyridine rings is 1. The van der Waals surface area contributed by atoms with Crippen molar-refractivity contribution < 1.29 is 9.18 Å². The number of benzene rings is 1. The highest BCUT2D eigenvalue weighted by Gasteiger charge is 2.33. The van der Waals surface area contributed by atoms with E-state index in [1.54, 1.807) is 23.6 Å². The molecule has 0 radical (unpaired) electrons. The van der Waals surface area contributed by atoms with E-state index < -0.39 is 0 Å². The number of hydrogen-bond acceptors (Lipinski definition) is 6. The van der Waals surface area contributed by atoms with E-state index in [0.717, 1.165) is 68.6 Å². The van der Waals surface area contributed by atoms with Crippen molar-refractivity contribution in [2.24, 2.45) is 0 Å². The van der Waals surface area contributed by atoms with Crippen LogP contribution in [0.3, 0.4) is 0 Å². The first-order chi connectivity index (χ1) is 17.8. The molecule has 0 N–H and O–H groups in total. The van der Waals surface area contributed by atoms with Crippen LogP contribution < -0.4 is 10.5 Å². The molecule has 1 aromatic heterocycles. The molecule has 0 unspecified atom stereocenters. The topological polar surface area (TPSA) is 69.3 Å². The standard InChI is InChI=1S/C28H31FN4O2S2/c1-3-4-15-32-25(31-13-7-5-6-8-14-31)22(19(2)23(17-30)26(32)34)16-24-27(35)33(28(36)37-24)18-20-9-11-21(29)12-10-20/h9-12,16H,3-8,13-15,18H2,1-2H3/b24-16+. The molecule has 4 rings (SSSR count). The lowest BCUT2D eigenvalue weighted by Crippen LogP contribution is -2.35. The second-order valence-electron chi connectivity index (χ2n) is 9.46. The van der Waals surface area contributed by atoms with Crippen LogP contribution in [0.2, 0.25) is 0 Å². The van der Waals surface area contributed by atoms with Gasteiger partial charge in [-0.05, 0) is 55.5 Å². The van der Waals surface area contributed by atoms with Crippen LogP contribution >= 0.6 is 24.0 Å². The Labute approximate surface area is 226 Å². The van der Waals surface area contributed by atoms with E-state index in [9.17, 15) is 19.2 Å². The van der Waals surface area contributed by atoms with Crippen LogP contribution in [0.4, 0.5) is 10.2 Å². The first-order valence-electron chi connectivity index (χ1n) is 12.8. The van der Waals surface area contributed by atoms with Gasteiger partial charge in [0.15, 0.2) is 0 Å². The zero-order valence-electron chi connectivity index (χ0n) is 21.3.